The Kier molecular flexibility index (Phi) is 4.45. The first-order chi connectivity index (χ1) is 9.85. The lowest BCUT2D eigenvalue weighted by atomic mass is 9.96. The molecule has 2 aromatic rings. The van der Waals surface area contributed by atoms with Crippen LogP contribution >= 0.6 is 11.3 Å². The molecular formula is C16H21N3S. The van der Waals surface area contributed by atoms with Crippen LogP contribution in [0, 0.1) is 0 Å². The largest absolute Gasteiger partial charge is 0.309 e. The Hall–Kier alpha value is -1.23. The summed E-state index contributed by atoms with van der Waals surface area (Å²) in [6.45, 7) is 5.04. The average Bonchev–Trinajstić information content (AvgIpc) is 2.95. The second kappa shape index (κ2) is 6.48. The van der Waals surface area contributed by atoms with Gasteiger partial charge in [-0.2, -0.15) is 0 Å². The number of rotatable bonds is 5. The minimum Gasteiger partial charge on any atom is -0.309 e. The zero-order valence-corrected chi connectivity index (χ0v) is 12.7. The number of hydrogen-bond acceptors (Lipinski definition) is 4. The number of aromatic nitrogens is 1. The van der Waals surface area contributed by atoms with Crippen LogP contribution in [0.25, 0.3) is 0 Å². The van der Waals surface area contributed by atoms with Crippen molar-refractivity contribution in [3.8, 4) is 0 Å². The third kappa shape index (κ3) is 3.26. The highest BCUT2D eigenvalue weighted by molar-refractivity contribution is 7.11. The monoisotopic (exact) mass is 287 g/mol. The van der Waals surface area contributed by atoms with Crippen LogP contribution in [0.3, 0.4) is 0 Å². The van der Waals surface area contributed by atoms with Crippen LogP contribution < -0.4 is 10.6 Å². The van der Waals surface area contributed by atoms with Gasteiger partial charge in [-0.3, -0.25) is 0 Å². The predicted molar refractivity (Wildman–Crippen MR) is 84.0 cm³/mol. The minimum atomic E-state index is 0.524. The fourth-order valence-corrected chi connectivity index (χ4v) is 3.44. The van der Waals surface area contributed by atoms with Gasteiger partial charge in [-0.15, -0.1) is 11.3 Å². The zero-order valence-electron chi connectivity index (χ0n) is 11.9. The first-order valence-electron chi connectivity index (χ1n) is 7.29. The molecule has 2 N–H and O–H groups in total. The summed E-state index contributed by atoms with van der Waals surface area (Å²) in [7, 11) is 0. The summed E-state index contributed by atoms with van der Waals surface area (Å²) in [4.78, 5) is 5.81. The van der Waals surface area contributed by atoms with Crippen molar-refractivity contribution in [2.24, 2.45) is 0 Å². The molecule has 1 aliphatic rings. The average molecular weight is 287 g/mol. The summed E-state index contributed by atoms with van der Waals surface area (Å²) < 4.78 is 0. The molecule has 106 valence electrons. The molecule has 3 nitrogen and oxygen atoms in total. The van der Waals surface area contributed by atoms with E-state index >= 15 is 0 Å². The molecule has 0 bridgehead atoms. The van der Waals surface area contributed by atoms with E-state index in [1.165, 1.54) is 21.0 Å². The van der Waals surface area contributed by atoms with E-state index in [1.807, 2.05) is 17.5 Å². The molecule has 1 atom stereocenters. The van der Waals surface area contributed by atoms with Crippen molar-refractivity contribution in [1.29, 1.82) is 0 Å². The smallest absolute Gasteiger partial charge is 0.107 e. The Morgan fingerprint density at radius 3 is 3.00 bits per heavy atom. The summed E-state index contributed by atoms with van der Waals surface area (Å²) in [6, 6.07) is 9.24. The van der Waals surface area contributed by atoms with Gasteiger partial charge in [-0.1, -0.05) is 31.2 Å². The molecule has 0 saturated heterocycles. The van der Waals surface area contributed by atoms with Gasteiger partial charge >= 0.3 is 0 Å². The van der Waals surface area contributed by atoms with Gasteiger partial charge in [0.25, 0.3) is 0 Å². The normalized spacial score (nSPS) is 17.9. The quantitative estimate of drug-likeness (QED) is 0.887. The number of hydrogen-bond donors (Lipinski definition) is 2. The van der Waals surface area contributed by atoms with E-state index in [2.05, 4.69) is 46.8 Å². The summed E-state index contributed by atoms with van der Waals surface area (Å²) in [5.74, 6) is 0. The third-order valence-electron chi connectivity index (χ3n) is 3.78. The Labute approximate surface area is 124 Å². The van der Waals surface area contributed by atoms with E-state index in [-0.39, 0.29) is 0 Å². The van der Waals surface area contributed by atoms with E-state index in [0.717, 1.165) is 32.5 Å². The Morgan fingerprint density at radius 2 is 2.20 bits per heavy atom. The first-order valence-corrected chi connectivity index (χ1v) is 8.11. The molecule has 0 aliphatic carbocycles. The van der Waals surface area contributed by atoms with Crippen LogP contribution in [-0.4, -0.2) is 17.6 Å². The van der Waals surface area contributed by atoms with E-state index in [9.17, 15) is 0 Å². The fourth-order valence-electron chi connectivity index (χ4n) is 2.61. The van der Waals surface area contributed by atoms with Crippen molar-refractivity contribution in [2.45, 2.75) is 38.9 Å². The van der Waals surface area contributed by atoms with E-state index < -0.39 is 0 Å². The van der Waals surface area contributed by atoms with Gasteiger partial charge in [0, 0.05) is 36.8 Å². The SMILES string of the molecule is CCc1cnc(CNCC2Cc3ccccc3CN2)s1. The molecule has 1 aromatic heterocycles. The van der Waals surface area contributed by atoms with Crippen molar-refractivity contribution in [3.63, 3.8) is 0 Å². The Balaban J connectivity index is 1.48. The van der Waals surface area contributed by atoms with Gasteiger partial charge in [0.2, 0.25) is 0 Å². The van der Waals surface area contributed by atoms with Crippen molar-refractivity contribution in [1.82, 2.24) is 15.6 Å². The molecule has 3 rings (SSSR count). The van der Waals surface area contributed by atoms with Crippen LogP contribution in [0.1, 0.15) is 27.9 Å². The first kappa shape index (κ1) is 13.7. The van der Waals surface area contributed by atoms with Gasteiger partial charge in [0.1, 0.15) is 5.01 Å². The van der Waals surface area contributed by atoms with Crippen molar-refractivity contribution in [2.75, 3.05) is 6.54 Å². The van der Waals surface area contributed by atoms with E-state index in [0.29, 0.717) is 6.04 Å². The predicted octanol–water partition coefficient (Wildman–Crippen LogP) is 2.51. The minimum absolute atomic E-state index is 0.524. The fraction of sp³-hybridized carbons (Fsp3) is 0.438. The molecule has 1 aliphatic heterocycles. The Bertz CT molecular complexity index is 564. The topological polar surface area (TPSA) is 37.0 Å². The second-order valence-corrected chi connectivity index (χ2v) is 6.46. The highest BCUT2D eigenvalue weighted by atomic mass is 32.1. The molecule has 0 radical (unpaired) electrons. The van der Waals surface area contributed by atoms with Crippen LogP contribution in [-0.2, 0) is 25.9 Å². The second-order valence-electron chi connectivity index (χ2n) is 5.26. The lowest BCUT2D eigenvalue weighted by Gasteiger charge is -2.26. The van der Waals surface area contributed by atoms with Crippen LogP contribution in [0.2, 0.25) is 0 Å². The van der Waals surface area contributed by atoms with Crippen molar-refractivity contribution >= 4 is 11.3 Å². The zero-order chi connectivity index (χ0) is 13.8. The van der Waals surface area contributed by atoms with Gasteiger partial charge in [0.05, 0.1) is 0 Å². The summed E-state index contributed by atoms with van der Waals surface area (Å²) in [6.07, 6.45) is 4.19. The van der Waals surface area contributed by atoms with Crippen LogP contribution in [0.15, 0.2) is 30.5 Å². The number of nitrogens with one attached hydrogen (secondary N) is 2. The summed E-state index contributed by atoms with van der Waals surface area (Å²) in [5.41, 5.74) is 2.93. The molecule has 0 saturated carbocycles. The highest BCUT2D eigenvalue weighted by Gasteiger charge is 2.16. The maximum absolute atomic E-state index is 4.44. The lowest BCUT2D eigenvalue weighted by Crippen LogP contribution is -2.42. The number of aryl methyl sites for hydroxylation is 1. The number of nitrogens with zero attached hydrogens (tertiary/aromatic N) is 1. The molecule has 4 heteroatoms. The summed E-state index contributed by atoms with van der Waals surface area (Å²) >= 11 is 1.81. The van der Waals surface area contributed by atoms with E-state index in [1.54, 1.807) is 0 Å². The Morgan fingerprint density at radius 1 is 1.35 bits per heavy atom. The number of fused-ring (bicyclic) bond motifs is 1. The molecular weight excluding hydrogens is 266 g/mol. The molecule has 1 unspecified atom stereocenters. The lowest BCUT2D eigenvalue weighted by molar-refractivity contribution is 0.447. The van der Waals surface area contributed by atoms with Gasteiger partial charge < -0.3 is 10.6 Å². The molecule has 0 fully saturated rings. The molecule has 2 heterocycles. The number of benzene rings is 1. The molecule has 1 aromatic carbocycles. The van der Waals surface area contributed by atoms with E-state index in [4.69, 9.17) is 0 Å². The van der Waals surface area contributed by atoms with Gasteiger partial charge in [-0.05, 0) is 24.0 Å². The van der Waals surface area contributed by atoms with Gasteiger partial charge in [0.15, 0.2) is 0 Å². The van der Waals surface area contributed by atoms with Crippen molar-refractivity contribution in [3.05, 3.63) is 51.5 Å². The maximum atomic E-state index is 4.44. The summed E-state index contributed by atoms with van der Waals surface area (Å²) in [5, 5.41) is 8.32. The standard InChI is InChI=1S/C16H21N3S/c1-2-15-10-19-16(20-15)11-17-9-14-7-12-5-3-4-6-13(12)8-18-14/h3-6,10,14,17-18H,2,7-9,11H2,1H3. The maximum Gasteiger partial charge on any atom is 0.107 e. The third-order valence-corrected chi connectivity index (χ3v) is 4.92. The highest BCUT2D eigenvalue weighted by Crippen LogP contribution is 2.16. The molecule has 0 amide bonds. The molecule has 0 spiro atoms. The van der Waals surface area contributed by atoms with Crippen LogP contribution in [0.5, 0.6) is 0 Å². The number of thiazole rings is 1. The van der Waals surface area contributed by atoms with Gasteiger partial charge in [-0.25, -0.2) is 4.98 Å². The molecule has 20 heavy (non-hydrogen) atoms. The van der Waals surface area contributed by atoms with Crippen molar-refractivity contribution < 1.29 is 0 Å². The van der Waals surface area contributed by atoms with Crippen LogP contribution in [0.4, 0.5) is 0 Å².